The van der Waals surface area contributed by atoms with E-state index < -0.39 is 17.7 Å². The minimum absolute atomic E-state index is 0.301. The minimum Gasteiger partial charge on any atom is -0.465 e. The lowest BCUT2D eigenvalue weighted by molar-refractivity contribution is 0.0601. The number of aromatic amines is 1. The van der Waals surface area contributed by atoms with Crippen LogP contribution in [0, 0.1) is 0 Å². The first-order valence-electron chi connectivity index (χ1n) is 9.85. The number of carbonyl (C=O) groups excluding carboxylic acids is 2. The summed E-state index contributed by atoms with van der Waals surface area (Å²) in [6.07, 6.45) is 1.13. The molecule has 0 aliphatic heterocycles. The number of H-pyrrole nitrogens is 1. The summed E-state index contributed by atoms with van der Waals surface area (Å²) in [7, 11) is 1.33. The molecule has 7 heteroatoms. The standard InChI is InChI=1S/C24H23N3O4/c1-24(2,3)31-23(29)27-18-12-8-6-10-15(18)20-19(22(28)30-4)21-16(13-25-20)14-9-5-7-11-17(14)26-21/h5-13,26H,1-4H3,(H,27,29). The van der Waals surface area contributed by atoms with Crippen LogP contribution in [0.15, 0.2) is 54.7 Å². The maximum absolute atomic E-state index is 12.8. The SMILES string of the molecule is COC(=O)c1c(-c2ccccc2NC(=O)OC(C)(C)C)ncc2c1[nH]c1ccccc12. The molecule has 158 valence electrons. The zero-order valence-electron chi connectivity index (χ0n) is 17.8. The number of aromatic nitrogens is 2. The Bertz CT molecular complexity index is 1300. The third-order valence-corrected chi connectivity index (χ3v) is 4.76. The van der Waals surface area contributed by atoms with Crippen LogP contribution in [0.5, 0.6) is 0 Å². The highest BCUT2D eigenvalue weighted by molar-refractivity contribution is 6.16. The van der Waals surface area contributed by atoms with Gasteiger partial charge in [0.1, 0.15) is 11.2 Å². The summed E-state index contributed by atoms with van der Waals surface area (Å²) in [6.45, 7) is 5.37. The Hall–Kier alpha value is -3.87. The van der Waals surface area contributed by atoms with Gasteiger partial charge in [-0.05, 0) is 32.9 Å². The molecule has 0 saturated carbocycles. The summed E-state index contributed by atoms with van der Waals surface area (Å²) >= 11 is 0. The number of hydrogen-bond donors (Lipinski definition) is 2. The zero-order valence-corrected chi connectivity index (χ0v) is 17.8. The number of ether oxygens (including phenoxy) is 2. The van der Waals surface area contributed by atoms with E-state index in [1.54, 1.807) is 45.2 Å². The number of methoxy groups -OCH3 is 1. The molecule has 0 aliphatic carbocycles. The Kier molecular flexibility index (Phi) is 5.10. The molecule has 2 aromatic heterocycles. The van der Waals surface area contributed by atoms with Crippen molar-refractivity contribution in [2.75, 3.05) is 12.4 Å². The van der Waals surface area contributed by atoms with Crippen molar-refractivity contribution < 1.29 is 19.1 Å². The van der Waals surface area contributed by atoms with Gasteiger partial charge in [0.2, 0.25) is 0 Å². The average Bonchev–Trinajstić information content (AvgIpc) is 3.10. The van der Waals surface area contributed by atoms with Gasteiger partial charge in [-0.15, -0.1) is 0 Å². The third kappa shape index (κ3) is 3.94. The lowest BCUT2D eigenvalue weighted by atomic mass is 10.0. The number of anilines is 1. The van der Waals surface area contributed by atoms with Crippen molar-refractivity contribution in [3.63, 3.8) is 0 Å². The highest BCUT2D eigenvalue weighted by Crippen LogP contribution is 2.35. The number of pyridine rings is 1. The zero-order chi connectivity index (χ0) is 22.2. The second-order valence-corrected chi connectivity index (χ2v) is 8.11. The third-order valence-electron chi connectivity index (χ3n) is 4.76. The largest absolute Gasteiger partial charge is 0.465 e. The van der Waals surface area contributed by atoms with Crippen molar-refractivity contribution in [2.45, 2.75) is 26.4 Å². The molecule has 0 unspecified atom stereocenters. The maximum Gasteiger partial charge on any atom is 0.412 e. The Balaban J connectivity index is 1.90. The minimum atomic E-state index is -0.641. The van der Waals surface area contributed by atoms with Crippen molar-refractivity contribution in [3.8, 4) is 11.3 Å². The first-order chi connectivity index (χ1) is 14.8. The van der Waals surface area contributed by atoms with Gasteiger partial charge in [0, 0.05) is 28.0 Å². The summed E-state index contributed by atoms with van der Waals surface area (Å²) in [4.78, 5) is 33.1. The second kappa shape index (κ2) is 7.75. The van der Waals surface area contributed by atoms with E-state index >= 15 is 0 Å². The van der Waals surface area contributed by atoms with Crippen LogP contribution in [0.2, 0.25) is 0 Å². The molecule has 0 fully saturated rings. The smallest absolute Gasteiger partial charge is 0.412 e. The molecule has 0 aliphatic rings. The van der Waals surface area contributed by atoms with E-state index in [4.69, 9.17) is 9.47 Å². The molecule has 2 N–H and O–H groups in total. The van der Waals surface area contributed by atoms with Crippen molar-refractivity contribution in [2.24, 2.45) is 0 Å². The number of amides is 1. The van der Waals surface area contributed by atoms with E-state index in [1.807, 2.05) is 30.3 Å². The van der Waals surface area contributed by atoms with E-state index in [2.05, 4.69) is 15.3 Å². The van der Waals surface area contributed by atoms with Crippen LogP contribution < -0.4 is 5.32 Å². The number of rotatable bonds is 3. The Morgan fingerprint density at radius 2 is 1.71 bits per heavy atom. The summed E-state index contributed by atoms with van der Waals surface area (Å²) in [5, 5.41) is 4.54. The van der Waals surface area contributed by atoms with Gasteiger partial charge >= 0.3 is 12.1 Å². The molecular formula is C24H23N3O4. The van der Waals surface area contributed by atoms with E-state index in [0.717, 1.165) is 16.3 Å². The molecule has 0 spiro atoms. The Morgan fingerprint density at radius 3 is 2.45 bits per heavy atom. The molecule has 4 aromatic rings. The first-order valence-corrected chi connectivity index (χ1v) is 9.85. The van der Waals surface area contributed by atoms with Gasteiger partial charge in [-0.3, -0.25) is 10.3 Å². The van der Waals surface area contributed by atoms with Gasteiger partial charge in [-0.25, -0.2) is 9.59 Å². The molecule has 1 amide bonds. The van der Waals surface area contributed by atoms with Crippen LogP contribution in [-0.2, 0) is 9.47 Å². The van der Waals surface area contributed by atoms with Gasteiger partial charge in [-0.1, -0.05) is 36.4 Å². The highest BCUT2D eigenvalue weighted by Gasteiger charge is 2.24. The van der Waals surface area contributed by atoms with Crippen molar-refractivity contribution in [3.05, 3.63) is 60.3 Å². The average molecular weight is 417 g/mol. The van der Waals surface area contributed by atoms with Crippen molar-refractivity contribution >= 4 is 39.6 Å². The molecule has 0 radical (unpaired) electrons. The number of fused-ring (bicyclic) bond motifs is 3. The van der Waals surface area contributed by atoms with Gasteiger partial charge in [0.15, 0.2) is 0 Å². The Morgan fingerprint density at radius 1 is 1.00 bits per heavy atom. The fraction of sp³-hybridized carbons (Fsp3) is 0.208. The van der Waals surface area contributed by atoms with Crippen LogP contribution in [0.4, 0.5) is 10.5 Å². The van der Waals surface area contributed by atoms with E-state index in [9.17, 15) is 9.59 Å². The van der Waals surface area contributed by atoms with Crippen LogP contribution in [-0.4, -0.2) is 34.7 Å². The fourth-order valence-electron chi connectivity index (χ4n) is 3.52. The predicted molar refractivity (Wildman–Crippen MR) is 120 cm³/mol. The van der Waals surface area contributed by atoms with Gasteiger partial charge in [0.05, 0.1) is 24.0 Å². The summed E-state index contributed by atoms with van der Waals surface area (Å²) < 4.78 is 10.5. The molecule has 0 saturated heterocycles. The monoisotopic (exact) mass is 417 g/mol. The summed E-state index contributed by atoms with van der Waals surface area (Å²) in [5.74, 6) is -0.522. The number of carbonyl (C=O) groups is 2. The molecule has 2 heterocycles. The first kappa shape index (κ1) is 20.4. The second-order valence-electron chi connectivity index (χ2n) is 8.11. The number of nitrogens with one attached hydrogen (secondary N) is 2. The number of para-hydroxylation sites is 2. The summed E-state index contributed by atoms with van der Waals surface area (Å²) in [6, 6.07) is 14.9. The molecule has 4 rings (SSSR count). The molecule has 0 atom stereocenters. The number of nitrogens with zero attached hydrogens (tertiary/aromatic N) is 1. The number of hydrogen-bond acceptors (Lipinski definition) is 5. The van der Waals surface area contributed by atoms with Crippen LogP contribution >= 0.6 is 0 Å². The van der Waals surface area contributed by atoms with Crippen molar-refractivity contribution in [1.29, 1.82) is 0 Å². The van der Waals surface area contributed by atoms with Crippen molar-refractivity contribution in [1.82, 2.24) is 9.97 Å². The highest BCUT2D eigenvalue weighted by atomic mass is 16.6. The Labute approximate surface area is 179 Å². The van der Waals surface area contributed by atoms with E-state index in [-0.39, 0.29) is 0 Å². The lowest BCUT2D eigenvalue weighted by Gasteiger charge is -2.20. The fourth-order valence-corrected chi connectivity index (χ4v) is 3.52. The lowest BCUT2D eigenvalue weighted by Crippen LogP contribution is -2.27. The number of esters is 1. The molecule has 7 nitrogen and oxygen atoms in total. The van der Waals surface area contributed by atoms with Gasteiger partial charge in [-0.2, -0.15) is 0 Å². The van der Waals surface area contributed by atoms with E-state index in [1.165, 1.54) is 7.11 Å². The van der Waals surface area contributed by atoms with Gasteiger partial charge in [0.25, 0.3) is 0 Å². The topological polar surface area (TPSA) is 93.3 Å². The molecule has 0 bridgehead atoms. The number of benzene rings is 2. The normalized spacial score (nSPS) is 11.5. The van der Waals surface area contributed by atoms with E-state index in [0.29, 0.717) is 28.0 Å². The van der Waals surface area contributed by atoms with Crippen LogP contribution in [0.1, 0.15) is 31.1 Å². The molecular weight excluding hydrogens is 394 g/mol. The van der Waals surface area contributed by atoms with Crippen LogP contribution in [0.3, 0.4) is 0 Å². The predicted octanol–water partition coefficient (Wildman–Crippen LogP) is 5.52. The molecule has 31 heavy (non-hydrogen) atoms. The maximum atomic E-state index is 12.8. The quantitative estimate of drug-likeness (QED) is 0.428. The van der Waals surface area contributed by atoms with Gasteiger partial charge < -0.3 is 14.5 Å². The summed E-state index contributed by atoms with van der Waals surface area (Å²) in [5.41, 5.74) is 2.64. The molecule has 2 aromatic carbocycles. The van der Waals surface area contributed by atoms with Crippen LogP contribution in [0.25, 0.3) is 33.1 Å².